The Balaban J connectivity index is -0.00000115. The van der Waals surface area contributed by atoms with E-state index < -0.39 is 18.0 Å². The molecule has 0 aromatic heterocycles. The second-order valence-corrected chi connectivity index (χ2v) is 16.0. The van der Waals surface area contributed by atoms with Crippen LogP contribution in [0.3, 0.4) is 0 Å². The summed E-state index contributed by atoms with van der Waals surface area (Å²) in [4.78, 5) is 78.5. The van der Waals surface area contributed by atoms with E-state index in [-0.39, 0.29) is 48.5 Å². The zero-order chi connectivity index (χ0) is 49.2. The summed E-state index contributed by atoms with van der Waals surface area (Å²) >= 11 is 0. The fourth-order valence-corrected chi connectivity index (χ4v) is 6.37. The van der Waals surface area contributed by atoms with Gasteiger partial charge < -0.3 is 61.8 Å². The van der Waals surface area contributed by atoms with E-state index in [9.17, 15) is 33.6 Å². The summed E-state index contributed by atoms with van der Waals surface area (Å²) in [5.41, 5.74) is 5.26. The minimum atomic E-state index is -0.948. The highest BCUT2D eigenvalue weighted by atomic mass is 16.5. The van der Waals surface area contributed by atoms with Gasteiger partial charge in [0.2, 0.25) is 17.7 Å². The second kappa shape index (κ2) is 48.9. The molecule has 0 fully saturated rings. The van der Waals surface area contributed by atoms with E-state index in [1.165, 1.54) is 51.4 Å². The monoisotopic (exact) mass is 922 g/mol. The minimum absolute atomic E-state index is 0.0359. The van der Waals surface area contributed by atoms with Crippen molar-refractivity contribution >= 4 is 41.2 Å². The van der Waals surface area contributed by atoms with Crippen LogP contribution in [0.25, 0.3) is 0 Å². The number of hydrogen-bond donors (Lipinski definition) is 7. The molecule has 0 spiro atoms. The molecule has 0 aromatic rings. The Morgan fingerprint density at radius 1 is 0.562 bits per heavy atom. The molecular weight excluding hydrogens is 831 g/mol. The fourth-order valence-electron chi connectivity index (χ4n) is 6.37. The van der Waals surface area contributed by atoms with E-state index in [2.05, 4.69) is 22.1 Å². The first kappa shape index (κ1) is 62.5. The maximum Gasteiger partial charge on any atom is 0.326 e. The lowest BCUT2D eigenvalue weighted by atomic mass is 10.0. The third-order valence-corrected chi connectivity index (χ3v) is 10.0. The molecule has 0 rings (SSSR count). The number of carboxylic acid groups (broad SMARTS) is 2. The zero-order valence-corrected chi connectivity index (χ0v) is 39.7. The van der Waals surface area contributed by atoms with Gasteiger partial charge in [-0.25, -0.2) is 4.79 Å². The molecule has 0 saturated carbocycles. The Morgan fingerprint density at radius 2 is 1.05 bits per heavy atom. The van der Waals surface area contributed by atoms with Gasteiger partial charge in [-0.3, -0.25) is 24.0 Å². The molecule has 3 amide bonds. The van der Waals surface area contributed by atoms with Crippen molar-refractivity contribution in [1.29, 1.82) is 0 Å². The lowest BCUT2D eigenvalue weighted by Gasteiger charge is -2.13. The highest BCUT2D eigenvalue weighted by Gasteiger charge is 2.18. The SMILES string of the molecule is CCC[C@H](NC(=O)CCCCCCCCCCCCCCCCC(=O)O)C(=O)O.CN[C@@H](CCCCCC(=O)COCCOCCNC(=O)COCCOCCCC(C)=O)C(N)=O.[3H]N. The molecule has 0 aliphatic heterocycles. The lowest BCUT2D eigenvalue weighted by Crippen LogP contribution is -2.40. The van der Waals surface area contributed by atoms with Gasteiger partial charge in [-0.1, -0.05) is 103 Å². The van der Waals surface area contributed by atoms with E-state index in [0.29, 0.717) is 91.1 Å². The molecule has 0 unspecified atom stereocenters. The molecule has 0 aromatic carbocycles. The van der Waals surface area contributed by atoms with Gasteiger partial charge in [0.15, 0.2) is 5.78 Å². The number of carboxylic acids is 2. The van der Waals surface area contributed by atoms with Crippen molar-refractivity contribution in [3.05, 3.63) is 0 Å². The molecule has 2 atom stereocenters. The number of rotatable bonds is 46. The van der Waals surface area contributed by atoms with Crippen LogP contribution in [0.2, 0.25) is 1.41 Å². The number of unbranched alkanes of at least 4 members (excludes halogenated alkanes) is 15. The number of hydrogen-bond acceptors (Lipinski definition) is 13. The Kier molecular flexibility index (Phi) is 47.8. The third kappa shape index (κ3) is 49.5. The van der Waals surface area contributed by atoms with Gasteiger partial charge in [0.05, 0.1) is 39.1 Å². The number of likely N-dealkylation sites (N-methyl/N-ethyl adjacent to an activating group) is 1. The van der Waals surface area contributed by atoms with Gasteiger partial charge in [0.1, 0.15) is 26.5 Å². The van der Waals surface area contributed by atoms with Crippen LogP contribution in [0.1, 0.15) is 174 Å². The summed E-state index contributed by atoms with van der Waals surface area (Å²) in [6.45, 7) is 5.98. The Labute approximate surface area is 385 Å². The normalized spacial score (nSPS) is 11.8. The number of nitrogens with two attached hydrogens (primary N) is 1. The van der Waals surface area contributed by atoms with Crippen molar-refractivity contribution in [2.75, 3.05) is 66.4 Å². The van der Waals surface area contributed by atoms with Gasteiger partial charge in [-0.15, -0.1) is 0 Å². The first-order valence-electron chi connectivity index (χ1n) is 24.2. The van der Waals surface area contributed by atoms with Crippen LogP contribution in [0, 0.1) is 0 Å². The number of nitrogens with one attached hydrogen (secondary N) is 3. The van der Waals surface area contributed by atoms with Crippen molar-refractivity contribution in [3.63, 3.8) is 0 Å². The highest BCUT2D eigenvalue weighted by molar-refractivity contribution is 5.83. The predicted molar refractivity (Wildman–Crippen MR) is 247 cm³/mol. The summed E-state index contributed by atoms with van der Waals surface area (Å²) in [6.07, 6.45) is 26.5. The highest BCUT2D eigenvalue weighted by Crippen LogP contribution is 2.14. The minimum Gasteiger partial charge on any atom is -0.481 e. The summed E-state index contributed by atoms with van der Waals surface area (Å²) in [5.74, 6) is -2.20. The quantitative estimate of drug-likeness (QED) is 0.0346. The fraction of sp³-hybridized carbons (Fsp3) is 0.848. The molecular formula is C46H89N5O13. The molecule has 0 radical (unpaired) electrons. The number of ether oxygens (including phenoxy) is 4. The molecule has 0 aliphatic rings. The van der Waals surface area contributed by atoms with Crippen molar-refractivity contribution in [3.8, 4) is 0 Å². The first-order chi connectivity index (χ1) is 31.3. The van der Waals surface area contributed by atoms with E-state index in [0.717, 1.165) is 64.2 Å². The summed E-state index contributed by atoms with van der Waals surface area (Å²) in [7, 11) is 1.70. The number of amides is 3. The van der Waals surface area contributed by atoms with Crippen molar-refractivity contribution in [2.24, 2.45) is 5.73 Å². The van der Waals surface area contributed by atoms with Crippen LogP contribution in [0.5, 0.6) is 0 Å². The summed E-state index contributed by atoms with van der Waals surface area (Å²) < 4.78 is 26.4. The molecule has 10 N–H and O–H groups in total. The summed E-state index contributed by atoms with van der Waals surface area (Å²) in [6, 6.07) is -1.06. The van der Waals surface area contributed by atoms with Crippen LogP contribution in [-0.4, -0.2) is 130 Å². The van der Waals surface area contributed by atoms with Crippen molar-refractivity contribution < 1.29 is 64.1 Å². The molecule has 18 heteroatoms. The zero-order valence-electron chi connectivity index (χ0n) is 40.7. The Morgan fingerprint density at radius 3 is 1.55 bits per heavy atom. The van der Waals surface area contributed by atoms with Gasteiger partial charge in [-0.05, 0) is 52.5 Å². The molecule has 18 nitrogen and oxygen atoms in total. The van der Waals surface area contributed by atoms with E-state index in [1.807, 2.05) is 6.92 Å². The van der Waals surface area contributed by atoms with E-state index in [4.69, 9.17) is 36.3 Å². The average molecular weight is 922 g/mol. The van der Waals surface area contributed by atoms with Crippen LogP contribution in [0.4, 0.5) is 0 Å². The standard InChI is InChI=1S/C23H43N3O8.C23H43NO5.H3N/c1-19(27)7-6-11-31-13-16-34-18-22(29)26-10-12-32-14-15-33-17-20(28)8-4-3-5-9-21(25-2)23(24)30;1-2-17-20(23(28)29)24-21(25)18-15-13-11-9-7-5-3-4-6-8-10-12-14-16-19-22(26)27;/h21,25H,3-18H2,1-2H3,(H2,24,30)(H,26,29);20H,2-19H2,1H3,(H,24,25)(H,26,27)(H,28,29);1H3/t21-;20-;/m00./s1/i/hT. The van der Waals surface area contributed by atoms with E-state index >= 15 is 0 Å². The van der Waals surface area contributed by atoms with Crippen molar-refractivity contribution in [1.82, 2.24) is 22.1 Å². The molecule has 0 heterocycles. The lowest BCUT2D eigenvalue weighted by molar-refractivity contribution is -0.142. The molecule has 376 valence electrons. The number of aliphatic carboxylic acids is 2. The third-order valence-electron chi connectivity index (χ3n) is 10.0. The van der Waals surface area contributed by atoms with Crippen molar-refractivity contribution in [2.45, 2.75) is 186 Å². The number of carbonyl (C=O) groups excluding carboxylic acids is 5. The van der Waals surface area contributed by atoms with Crippen LogP contribution in [0.15, 0.2) is 0 Å². The number of primary amides is 1. The molecule has 0 aliphatic carbocycles. The number of ketones is 2. The maximum absolute atomic E-state index is 11.8. The molecule has 0 saturated heterocycles. The van der Waals surface area contributed by atoms with Crippen LogP contribution in [-0.2, 0) is 52.5 Å². The topological polar surface area (TPSA) is 294 Å². The Hall–Kier alpha value is -3.55. The first-order valence-corrected chi connectivity index (χ1v) is 23.6. The van der Waals surface area contributed by atoms with Gasteiger partial charge in [0, 0.05) is 38.8 Å². The van der Waals surface area contributed by atoms with Gasteiger partial charge in [-0.2, -0.15) is 0 Å². The van der Waals surface area contributed by atoms with Gasteiger partial charge in [0.25, 0.3) is 0 Å². The smallest absolute Gasteiger partial charge is 0.326 e. The second-order valence-electron chi connectivity index (χ2n) is 16.0. The van der Waals surface area contributed by atoms with E-state index in [1.54, 1.807) is 14.0 Å². The van der Waals surface area contributed by atoms with Crippen LogP contribution < -0.4 is 27.8 Å². The molecule has 0 bridgehead atoms. The largest absolute Gasteiger partial charge is 0.481 e. The average Bonchev–Trinajstić information content (AvgIpc) is 3.26. The number of Topliss-reactive ketones (excluding diaryl/α,β-unsaturated/α-hetero) is 2. The molecule has 64 heavy (non-hydrogen) atoms. The maximum atomic E-state index is 11.8. The summed E-state index contributed by atoms with van der Waals surface area (Å²) in [5, 5.41) is 25.8. The number of carbonyl (C=O) groups is 7. The van der Waals surface area contributed by atoms with Gasteiger partial charge >= 0.3 is 11.9 Å². The Bertz CT molecular complexity index is 1200. The predicted octanol–water partition coefficient (Wildman–Crippen LogP) is 5.98. The van der Waals surface area contributed by atoms with Crippen LogP contribution >= 0.6 is 0 Å².